The second kappa shape index (κ2) is 3.49. The highest BCUT2D eigenvalue weighted by molar-refractivity contribution is 7.71. The van der Waals surface area contributed by atoms with Crippen molar-refractivity contribution in [2.75, 3.05) is 6.61 Å². The van der Waals surface area contributed by atoms with Gasteiger partial charge in [-0.2, -0.15) is 4.98 Å². The van der Waals surface area contributed by atoms with Crippen molar-refractivity contribution in [3.8, 4) is 6.01 Å². The van der Waals surface area contributed by atoms with Gasteiger partial charge in [-0.3, -0.25) is 4.57 Å². The van der Waals surface area contributed by atoms with Gasteiger partial charge in [-0.1, -0.05) is 12.2 Å². The average molecular weight is 242 g/mol. The van der Waals surface area contributed by atoms with E-state index in [1.54, 1.807) is 16.8 Å². The van der Waals surface area contributed by atoms with Gasteiger partial charge in [0.1, 0.15) is 16.8 Å². The molecule has 0 bridgehead atoms. The van der Waals surface area contributed by atoms with E-state index in [-0.39, 0.29) is 6.61 Å². The molecule has 1 aromatic rings. The molecule has 2 aliphatic rings. The number of hydrogen-bond donors (Lipinski definition) is 2. The van der Waals surface area contributed by atoms with Crippen LogP contribution >= 0.6 is 12.2 Å². The average Bonchev–Trinajstić information content (AvgIpc) is 2.75. The molecule has 4 atom stereocenters. The van der Waals surface area contributed by atoms with Crippen molar-refractivity contribution in [1.29, 1.82) is 0 Å². The summed E-state index contributed by atoms with van der Waals surface area (Å²) in [6, 6.07) is 2.00. The van der Waals surface area contributed by atoms with Gasteiger partial charge < -0.3 is 19.7 Å². The molecule has 3 heterocycles. The quantitative estimate of drug-likeness (QED) is 0.654. The number of fused-ring (bicyclic) bond motifs is 3. The first-order valence-corrected chi connectivity index (χ1v) is 5.32. The van der Waals surface area contributed by atoms with Gasteiger partial charge in [0.2, 0.25) is 0 Å². The molecule has 6 nitrogen and oxygen atoms in total. The fraction of sp³-hybridized carbons (Fsp3) is 0.556. The lowest BCUT2D eigenvalue weighted by molar-refractivity contribution is -0.0434. The van der Waals surface area contributed by atoms with Crippen molar-refractivity contribution in [3.63, 3.8) is 0 Å². The molecule has 0 aliphatic carbocycles. The van der Waals surface area contributed by atoms with Gasteiger partial charge >= 0.3 is 0 Å². The summed E-state index contributed by atoms with van der Waals surface area (Å²) in [6.45, 7) is -0.236. The summed E-state index contributed by atoms with van der Waals surface area (Å²) < 4.78 is 13.0. The Bertz CT molecular complexity index is 477. The van der Waals surface area contributed by atoms with Gasteiger partial charge in [0.05, 0.1) is 6.61 Å². The number of rotatable bonds is 1. The Hall–Kier alpha value is -1.02. The number of nitrogens with zero attached hydrogens (tertiary/aromatic N) is 2. The zero-order valence-corrected chi connectivity index (χ0v) is 9.00. The lowest BCUT2D eigenvalue weighted by Crippen LogP contribution is -2.34. The second-order valence-corrected chi connectivity index (χ2v) is 4.19. The van der Waals surface area contributed by atoms with Gasteiger partial charge in [0.15, 0.2) is 12.3 Å². The summed E-state index contributed by atoms with van der Waals surface area (Å²) in [5.41, 5.74) is 0. The third kappa shape index (κ3) is 1.29. The molecule has 0 saturated carbocycles. The normalized spacial score (nSPS) is 35.6. The third-order valence-electron chi connectivity index (χ3n) is 2.81. The van der Waals surface area contributed by atoms with Crippen LogP contribution in [-0.4, -0.2) is 44.7 Å². The molecular weight excluding hydrogens is 232 g/mol. The number of aliphatic hydroxyl groups is 2. The monoisotopic (exact) mass is 242 g/mol. The van der Waals surface area contributed by atoms with Crippen molar-refractivity contribution >= 4 is 12.2 Å². The van der Waals surface area contributed by atoms with Crippen molar-refractivity contribution in [2.45, 2.75) is 24.5 Å². The van der Waals surface area contributed by atoms with Crippen LogP contribution in [0.3, 0.4) is 0 Å². The molecule has 0 spiro atoms. The van der Waals surface area contributed by atoms with Crippen molar-refractivity contribution < 1.29 is 19.7 Å². The molecule has 0 amide bonds. The van der Waals surface area contributed by atoms with E-state index in [1.807, 2.05) is 0 Å². The van der Waals surface area contributed by atoms with Crippen molar-refractivity contribution in [3.05, 3.63) is 16.9 Å². The second-order valence-electron chi connectivity index (χ2n) is 3.78. The Morgan fingerprint density at radius 1 is 1.56 bits per heavy atom. The van der Waals surface area contributed by atoms with Gasteiger partial charge in [-0.25, -0.2) is 0 Å². The standard InChI is InChI=1S/C9H10N2O4S/c12-3-4-6(13)7-8(14-4)11-2-1-5(16)10-9(11)15-7/h1-2,4,6-8,12-13H,3H2. The fourth-order valence-corrected chi connectivity index (χ4v) is 2.16. The van der Waals surface area contributed by atoms with Crippen LogP contribution in [0.25, 0.3) is 0 Å². The zero-order chi connectivity index (χ0) is 11.3. The Balaban J connectivity index is 1.99. The fourth-order valence-electron chi connectivity index (χ4n) is 2.02. The highest BCUT2D eigenvalue weighted by atomic mass is 32.1. The van der Waals surface area contributed by atoms with E-state index in [1.165, 1.54) is 0 Å². The minimum atomic E-state index is -0.856. The molecule has 0 radical (unpaired) electrons. The molecule has 0 aromatic carbocycles. The smallest absolute Gasteiger partial charge is 0.300 e. The van der Waals surface area contributed by atoms with Crippen LogP contribution in [0.5, 0.6) is 6.01 Å². The first kappa shape index (κ1) is 10.2. The molecule has 7 heteroatoms. The van der Waals surface area contributed by atoms with Crippen LogP contribution in [0.4, 0.5) is 0 Å². The number of ether oxygens (including phenoxy) is 2. The van der Waals surface area contributed by atoms with Crippen LogP contribution in [-0.2, 0) is 4.74 Å². The van der Waals surface area contributed by atoms with Gasteiger partial charge in [0, 0.05) is 6.20 Å². The van der Waals surface area contributed by atoms with Gasteiger partial charge in [-0.05, 0) is 6.07 Å². The van der Waals surface area contributed by atoms with Crippen molar-refractivity contribution in [2.24, 2.45) is 0 Å². The topological polar surface area (TPSA) is 76.7 Å². The van der Waals surface area contributed by atoms with E-state index in [4.69, 9.17) is 26.8 Å². The van der Waals surface area contributed by atoms with Crippen LogP contribution in [0.1, 0.15) is 6.23 Å². The molecule has 2 aliphatic heterocycles. The molecule has 1 aromatic heterocycles. The molecular formula is C9H10N2O4S. The maximum absolute atomic E-state index is 9.82. The van der Waals surface area contributed by atoms with Crippen LogP contribution in [0.15, 0.2) is 12.3 Å². The molecule has 86 valence electrons. The summed E-state index contributed by atoms with van der Waals surface area (Å²) in [7, 11) is 0. The summed E-state index contributed by atoms with van der Waals surface area (Å²) in [5, 5.41) is 18.8. The molecule has 1 fully saturated rings. The van der Waals surface area contributed by atoms with E-state index in [9.17, 15) is 5.11 Å². The number of aromatic nitrogens is 2. The largest absolute Gasteiger partial charge is 0.454 e. The van der Waals surface area contributed by atoms with Gasteiger partial charge in [-0.15, -0.1) is 0 Å². The third-order valence-corrected chi connectivity index (χ3v) is 3.04. The van der Waals surface area contributed by atoms with Crippen molar-refractivity contribution in [1.82, 2.24) is 9.55 Å². The van der Waals surface area contributed by atoms with Crippen LogP contribution in [0, 0.1) is 4.64 Å². The van der Waals surface area contributed by atoms with E-state index >= 15 is 0 Å². The lowest BCUT2D eigenvalue weighted by atomic mass is 10.1. The zero-order valence-electron chi connectivity index (χ0n) is 8.18. The Morgan fingerprint density at radius 2 is 2.38 bits per heavy atom. The SMILES string of the molecule is OCC1OC2C(Oc3nc(=S)ccn32)C1O. The minimum Gasteiger partial charge on any atom is -0.454 e. The molecule has 16 heavy (non-hydrogen) atoms. The Labute approximate surface area is 96.1 Å². The maximum atomic E-state index is 9.82. The number of aliphatic hydroxyl groups excluding tert-OH is 2. The highest BCUT2D eigenvalue weighted by Gasteiger charge is 2.50. The predicted octanol–water partition coefficient (Wildman–Crippen LogP) is -0.376. The summed E-state index contributed by atoms with van der Waals surface area (Å²) in [5.74, 6) is 0. The first-order valence-electron chi connectivity index (χ1n) is 4.91. The van der Waals surface area contributed by atoms with E-state index in [2.05, 4.69) is 4.98 Å². The van der Waals surface area contributed by atoms with E-state index in [0.29, 0.717) is 10.7 Å². The predicted molar refractivity (Wildman–Crippen MR) is 54.5 cm³/mol. The maximum Gasteiger partial charge on any atom is 0.300 e. The Kier molecular flexibility index (Phi) is 2.21. The summed E-state index contributed by atoms with van der Waals surface area (Å²) >= 11 is 4.91. The van der Waals surface area contributed by atoms with E-state index < -0.39 is 24.5 Å². The van der Waals surface area contributed by atoms with E-state index in [0.717, 1.165) is 0 Å². The van der Waals surface area contributed by atoms with Crippen LogP contribution in [0.2, 0.25) is 0 Å². The molecule has 2 N–H and O–H groups in total. The van der Waals surface area contributed by atoms with Crippen LogP contribution < -0.4 is 4.74 Å². The highest BCUT2D eigenvalue weighted by Crippen LogP contribution is 2.38. The molecule has 4 unspecified atom stereocenters. The lowest BCUT2D eigenvalue weighted by Gasteiger charge is -2.14. The first-order chi connectivity index (χ1) is 7.70. The minimum absolute atomic E-state index is 0.236. The molecule has 3 rings (SSSR count). The molecule has 1 saturated heterocycles. The van der Waals surface area contributed by atoms with Gasteiger partial charge in [0.25, 0.3) is 6.01 Å². The number of hydrogen-bond acceptors (Lipinski definition) is 6. The Morgan fingerprint density at radius 3 is 3.12 bits per heavy atom. The summed E-state index contributed by atoms with van der Waals surface area (Å²) in [4.78, 5) is 4.02. The summed E-state index contributed by atoms with van der Waals surface area (Å²) in [6.07, 6.45) is -0.724.